The molecule has 0 aliphatic carbocycles. The average Bonchev–Trinajstić information content (AvgIpc) is 2.47. The van der Waals surface area contributed by atoms with Gasteiger partial charge in [-0.3, -0.25) is 0 Å². The Morgan fingerprint density at radius 3 is 2.90 bits per heavy atom. The molecule has 1 aromatic carbocycles. The molecule has 0 aliphatic heterocycles. The Hall–Kier alpha value is -2.61. The van der Waals surface area contributed by atoms with Gasteiger partial charge >= 0.3 is 0 Å². The number of benzene rings is 1. The van der Waals surface area contributed by atoms with E-state index in [1.54, 1.807) is 19.3 Å². The van der Waals surface area contributed by atoms with Crippen molar-refractivity contribution in [3.63, 3.8) is 0 Å². The first-order valence-electron chi connectivity index (χ1n) is 6.35. The van der Waals surface area contributed by atoms with Gasteiger partial charge in [-0.1, -0.05) is 12.1 Å². The summed E-state index contributed by atoms with van der Waals surface area (Å²) in [6, 6.07) is 9.76. The molecule has 0 fully saturated rings. The van der Waals surface area contributed by atoms with E-state index < -0.39 is 0 Å². The summed E-state index contributed by atoms with van der Waals surface area (Å²) < 4.78 is 0. The standard InChI is InChI=1S/C15H17N5/c1-11-9-18-15(17-2)19-14(11)20(3)10-13-6-4-5-12(7-13)8-16/h4-7,9H,10H2,1-3H3,(H,17,18,19). The van der Waals surface area contributed by atoms with Crippen molar-refractivity contribution in [2.45, 2.75) is 13.5 Å². The fourth-order valence-electron chi connectivity index (χ4n) is 2.03. The van der Waals surface area contributed by atoms with Crippen LogP contribution in [0.25, 0.3) is 0 Å². The van der Waals surface area contributed by atoms with Gasteiger partial charge in [0.05, 0.1) is 11.6 Å². The number of nitrogens with one attached hydrogen (secondary N) is 1. The van der Waals surface area contributed by atoms with Crippen LogP contribution in [0, 0.1) is 18.3 Å². The zero-order valence-electron chi connectivity index (χ0n) is 11.9. The molecule has 20 heavy (non-hydrogen) atoms. The van der Waals surface area contributed by atoms with Crippen molar-refractivity contribution in [3.8, 4) is 6.07 Å². The molecular formula is C15H17N5. The predicted molar refractivity (Wildman–Crippen MR) is 79.6 cm³/mol. The van der Waals surface area contributed by atoms with E-state index in [9.17, 15) is 0 Å². The Balaban J connectivity index is 2.23. The molecule has 1 aromatic heterocycles. The molecule has 0 radical (unpaired) electrons. The first kappa shape index (κ1) is 13.8. The maximum absolute atomic E-state index is 8.93. The molecule has 0 atom stereocenters. The van der Waals surface area contributed by atoms with Gasteiger partial charge in [0.2, 0.25) is 5.95 Å². The van der Waals surface area contributed by atoms with Crippen LogP contribution >= 0.6 is 0 Å². The molecule has 1 heterocycles. The zero-order chi connectivity index (χ0) is 14.5. The lowest BCUT2D eigenvalue weighted by Crippen LogP contribution is -2.19. The van der Waals surface area contributed by atoms with E-state index in [-0.39, 0.29) is 0 Å². The second-order valence-electron chi connectivity index (χ2n) is 4.62. The Morgan fingerprint density at radius 1 is 1.40 bits per heavy atom. The topological polar surface area (TPSA) is 64.8 Å². The third-order valence-electron chi connectivity index (χ3n) is 3.01. The molecular weight excluding hydrogens is 250 g/mol. The van der Waals surface area contributed by atoms with Crippen molar-refractivity contribution in [3.05, 3.63) is 47.2 Å². The van der Waals surface area contributed by atoms with Gasteiger partial charge in [-0.15, -0.1) is 0 Å². The van der Waals surface area contributed by atoms with Crippen LogP contribution < -0.4 is 10.2 Å². The summed E-state index contributed by atoms with van der Waals surface area (Å²) in [5.41, 5.74) is 2.77. The highest BCUT2D eigenvalue weighted by Crippen LogP contribution is 2.19. The minimum Gasteiger partial charge on any atom is -0.357 e. The summed E-state index contributed by atoms with van der Waals surface area (Å²) in [7, 11) is 3.78. The van der Waals surface area contributed by atoms with E-state index in [1.165, 1.54) is 0 Å². The van der Waals surface area contributed by atoms with Crippen LogP contribution in [0.4, 0.5) is 11.8 Å². The maximum atomic E-state index is 8.93. The lowest BCUT2D eigenvalue weighted by molar-refractivity contribution is 0.883. The van der Waals surface area contributed by atoms with Crippen LogP contribution in [0.2, 0.25) is 0 Å². The quantitative estimate of drug-likeness (QED) is 0.921. The van der Waals surface area contributed by atoms with E-state index in [4.69, 9.17) is 5.26 Å². The maximum Gasteiger partial charge on any atom is 0.224 e. The lowest BCUT2D eigenvalue weighted by atomic mass is 10.1. The Bertz CT molecular complexity index is 645. The summed E-state index contributed by atoms with van der Waals surface area (Å²) >= 11 is 0. The number of hydrogen-bond acceptors (Lipinski definition) is 5. The van der Waals surface area contributed by atoms with E-state index in [0.29, 0.717) is 18.1 Å². The lowest BCUT2D eigenvalue weighted by Gasteiger charge is -2.20. The monoisotopic (exact) mass is 267 g/mol. The van der Waals surface area contributed by atoms with Crippen LogP contribution in [0.15, 0.2) is 30.5 Å². The van der Waals surface area contributed by atoms with Gasteiger partial charge in [0.1, 0.15) is 5.82 Å². The largest absolute Gasteiger partial charge is 0.357 e. The molecule has 1 N–H and O–H groups in total. The molecule has 0 saturated carbocycles. The van der Waals surface area contributed by atoms with Gasteiger partial charge in [-0.2, -0.15) is 10.2 Å². The number of rotatable bonds is 4. The second kappa shape index (κ2) is 6.02. The number of nitrogens with zero attached hydrogens (tertiary/aromatic N) is 4. The second-order valence-corrected chi connectivity index (χ2v) is 4.62. The number of aryl methyl sites for hydroxylation is 1. The number of nitriles is 1. The van der Waals surface area contributed by atoms with E-state index in [0.717, 1.165) is 16.9 Å². The van der Waals surface area contributed by atoms with Crippen LogP contribution in [0.5, 0.6) is 0 Å². The van der Waals surface area contributed by atoms with Gasteiger partial charge in [0.25, 0.3) is 0 Å². The van der Waals surface area contributed by atoms with Crippen molar-refractivity contribution < 1.29 is 0 Å². The van der Waals surface area contributed by atoms with Gasteiger partial charge in [-0.05, 0) is 24.6 Å². The summed E-state index contributed by atoms with van der Waals surface area (Å²) in [5.74, 6) is 1.48. The molecule has 102 valence electrons. The highest BCUT2D eigenvalue weighted by atomic mass is 15.2. The van der Waals surface area contributed by atoms with E-state index in [1.807, 2.05) is 37.1 Å². The van der Waals surface area contributed by atoms with Crippen molar-refractivity contribution in [1.82, 2.24) is 9.97 Å². The zero-order valence-corrected chi connectivity index (χ0v) is 11.9. The molecule has 0 aliphatic rings. The summed E-state index contributed by atoms with van der Waals surface area (Å²) in [5, 5.41) is 11.9. The summed E-state index contributed by atoms with van der Waals surface area (Å²) in [6.07, 6.45) is 1.80. The van der Waals surface area contributed by atoms with Gasteiger partial charge in [-0.25, -0.2) is 4.98 Å². The summed E-state index contributed by atoms with van der Waals surface area (Å²) in [4.78, 5) is 10.7. The normalized spacial score (nSPS) is 9.90. The van der Waals surface area contributed by atoms with Crippen molar-refractivity contribution >= 4 is 11.8 Å². The molecule has 0 unspecified atom stereocenters. The van der Waals surface area contributed by atoms with Crippen molar-refractivity contribution in [2.24, 2.45) is 0 Å². The Kier molecular flexibility index (Phi) is 4.16. The molecule has 0 spiro atoms. The Labute approximate surface area is 118 Å². The number of aromatic nitrogens is 2. The van der Waals surface area contributed by atoms with Crippen molar-refractivity contribution in [2.75, 3.05) is 24.3 Å². The van der Waals surface area contributed by atoms with Crippen molar-refractivity contribution in [1.29, 1.82) is 5.26 Å². The number of anilines is 2. The molecule has 0 bridgehead atoms. The van der Waals surface area contributed by atoms with Crippen LogP contribution in [0.1, 0.15) is 16.7 Å². The van der Waals surface area contributed by atoms with E-state index >= 15 is 0 Å². The summed E-state index contributed by atoms with van der Waals surface area (Å²) in [6.45, 7) is 2.67. The first-order chi connectivity index (χ1) is 9.63. The highest BCUT2D eigenvalue weighted by molar-refractivity contribution is 5.49. The minimum atomic E-state index is 0.600. The molecule has 0 amide bonds. The highest BCUT2D eigenvalue weighted by Gasteiger charge is 2.09. The van der Waals surface area contributed by atoms with Gasteiger partial charge in [0, 0.05) is 32.4 Å². The van der Waals surface area contributed by atoms with Gasteiger partial charge in [0.15, 0.2) is 0 Å². The molecule has 5 nitrogen and oxygen atoms in total. The molecule has 2 rings (SSSR count). The van der Waals surface area contributed by atoms with Crippen LogP contribution in [-0.2, 0) is 6.54 Å². The third kappa shape index (κ3) is 3.04. The van der Waals surface area contributed by atoms with E-state index in [2.05, 4.69) is 21.4 Å². The molecule has 5 heteroatoms. The smallest absolute Gasteiger partial charge is 0.224 e. The number of hydrogen-bond donors (Lipinski definition) is 1. The Morgan fingerprint density at radius 2 is 2.20 bits per heavy atom. The molecule has 0 saturated heterocycles. The predicted octanol–water partition coefficient (Wildman–Crippen LogP) is 2.33. The van der Waals surface area contributed by atoms with Crippen LogP contribution in [-0.4, -0.2) is 24.1 Å². The molecule has 2 aromatic rings. The fourth-order valence-corrected chi connectivity index (χ4v) is 2.03. The average molecular weight is 267 g/mol. The minimum absolute atomic E-state index is 0.600. The van der Waals surface area contributed by atoms with Crippen LogP contribution in [0.3, 0.4) is 0 Å². The van der Waals surface area contributed by atoms with Gasteiger partial charge < -0.3 is 10.2 Å². The SMILES string of the molecule is CNc1ncc(C)c(N(C)Cc2cccc(C#N)c2)n1. The first-order valence-corrected chi connectivity index (χ1v) is 6.35. The fraction of sp³-hybridized carbons (Fsp3) is 0.267. The third-order valence-corrected chi connectivity index (χ3v) is 3.01.